The maximum absolute atomic E-state index is 11.8. The van der Waals surface area contributed by atoms with Crippen LogP contribution in [0.2, 0.25) is 0 Å². The fourth-order valence-electron chi connectivity index (χ4n) is 1.34. The van der Waals surface area contributed by atoms with E-state index in [0.29, 0.717) is 0 Å². The molecule has 0 spiro atoms. The van der Waals surface area contributed by atoms with Gasteiger partial charge in [0.2, 0.25) is 0 Å². The van der Waals surface area contributed by atoms with Gasteiger partial charge in [0.25, 0.3) is 5.95 Å². The molecule has 0 bridgehead atoms. The van der Waals surface area contributed by atoms with Gasteiger partial charge in [-0.3, -0.25) is 9.78 Å². The third-order valence-corrected chi connectivity index (χ3v) is 2.38. The normalized spacial score (nSPS) is 11.8. The van der Waals surface area contributed by atoms with Crippen molar-refractivity contribution in [3.05, 3.63) is 24.2 Å². The van der Waals surface area contributed by atoms with Gasteiger partial charge in [0.05, 0.1) is 10.8 Å². The Morgan fingerprint density at radius 3 is 2.76 bits per heavy atom. The van der Waals surface area contributed by atoms with Gasteiger partial charge in [-0.05, 0) is 33.8 Å². The zero-order valence-electron chi connectivity index (χ0n) is 10.4. The molecule has 0 saturated heterocycles. The molecule has 4 heteroatoms. The van der Waals surface area contributed by atoms with E-state index in [4.69, 9.17) is 9.15 Å². The second-order valence-corrected chi connectivity index (χ2v) is 5.08. The summed E-state index contributed by atoms with van der Waals surface area (Å²) in [5.74, 6) is -0.0753. The molecule has 0 aromatic carbocycles. The van der Waals surface area contributed by atoms with E-state index in [1.54, 1.807) is 27.0 Å². The average molecular weight is 233 g/mol. The monoisotopic (exact) mass is 233 g/mol. The number of carbonyl (C=O) groups excluding carboxylic acids is 1. The van der Waals surface area contributed by atoms with Gasteiger partial charge >= 0.3 is 5.97 Å². The maximum Gasteiger partial charge on any atom is 0.319 e. The lowest BCUT2D eigenvalue weighted by atomic mass is 9.97. The first kappa shape index (κ1) is 11.6. The van der Waals surface area contributed by atoms with Crippen LogP contribution in [0.4, 0.5) is 0 Å². The molecule has 0 fully saturated rings. The molecule has 2 aromatic heterocycles. The Morgan fingerprint density at radius 1 is 1.41 bits per heavy atom. The number of carbonyl (C=O) groups is 1. The molecular weight excluding hydrogens is 218 g/mol. The fraction of sp³-hybridized carbons (Fsp3) is 0.385. The minimum Gasteiger partial charge on any atom is -0.433 e. The number of hydrogen-bond donors (Lipinski definition) is 0. The summed E-state index contributed by atoms with van der Waals surface area (Å²) in [7, 11) is 0. The van der Waals surface area contributed by atoms with Crippen molar-refractivity contribution in [3.63, 3.8) is 0 Å². The molecule has 2 heterocycles. The van der Waals surface area contributed by atoms with Crippen LogP contribution in [0.25, 0.3) is 10.8 Å². The number of nitrogens with zero attached hydrogens (tertiary/aromatic N) is 1. The van der Waals surface area contributed by atoms with E-state index in [0.717, 1.165) is 16.5 Å². The molecule has 17 heavy (non-hydrogen) atoms. The highest BCUT2D eigenvalue weighted by Crippen LogP contribution is 2.29. The summed E-state index contributed by atoms with van der Waals surface area (Å²) in [5.41, 5.74) is 0.299. The molecule has 0 N–H and O–H groups in total. The summed E-state index contributed by atoms with van der Waals surface area (Å²) < 4.78 is 10.5. The Bertz CT molecular complexity index is 564. The number of furan rings is 1. The minimum atomic E-state index is -0.554. The molecule has 2 aromatic rings. The molecule has 0 atom stereocenters. The quantitative estimate of drug-likeness (QED) is 0.710. The first-order valence-corrected chi connectivity index (χ1v) is 5.44. The van der Waals surface area contributed by atoms with Crippen molar-refractivity contribution in [1.82, 2.24) is 4.98 Å². The summed E-state index contributed by atoms with van der Waals surface area (Å²) in [6.45, 7) is 7.27. The number of ether oxygens (including phenoxy) is 1. The molecule has 0 amide bonds. The highest BCUT2D eigenvalue weighted by atomic mass is 16.6. The molecule has 0 aliphatic rings. The van der Waals surface area contributed by atoms with Crippen LogP contribution in [0.1, 0.15) is 26.5 Å². The molecule has 4 nitrogen and oxygen atoms in total. The third kappa shape index (κ3) is 2.30. The Labute approximate surface area is 99.6 Å². The van der Waals surface area contributed by atoms with Crippen LogP contribution in [0, 0.1) is 12.3 Å². The van der Waals surface area contributed by atoms with Crippen LogP contribution >= 0.6 is 0 Å². The number of rotatable bonds is 1. The van der Waals surface area contributed by atoms with Crippen molar-refractivity contribution in [2.24, 2.45) is 5.41 Å². The topological polar surface area (TPSA) is 52.3 Å². The first-order chi connectivity index (χ1) is 7.88. The molecule has 2 rings (SSSR count). The summed E-state index contributed by atoms with van der Waals surface area (Å²) in [5, 5.41) is 1.60. The van der Waals surface area contributed by atoms with Crippen molar-refractivity contribution >= 4 is 16.7 Å². The highest BCUT2D eigenvalue weighted by Gasteiger charge is 2.25. The standard InChI is InChI=1S/C13H15NO3/c1-8-5-10-9(6-14-8)7-16-11(10)17-12(15)13(2,3)4/h5-7H,1-4H3. The molecule has 0 aliphatic carbocycles. The molecular formula is C13H15NO3. The summed E-state index contributed by atoms with van der Waals surface area (Å²) >= 11 is 0. The number of pyridine rings is 1. The van der Waals surface area contributed by atoms with E-state index in [1.165, 1.54) is 6.26 Å². The number of aromatic nitrogens is 1. The number of aryl methyl sites for hydroxylation is 1. The zero-order valence-corrected chi connectivity index (χ0v) is 10.4. The Hall–Kier alpha value is -1.84. The first-order valence-electron chi connectivity index (χ1n) is 5.44. The molecule has 0 saturated carbocycles. The summed E-state index contributed by atoms with van der Waals surface area (Å²) in [6, 6.07) is 1.84. The van der Waals surface area contributed by atoms with Gasteiger partial charge in [-0.1, -0.05) is 0 Å². The summed E-state index contributed by atoms with van der Waals surface area (Å²) in [4.78, 5) is 15.9. The number of fused-ring (bicyclic) bond motifs is 1. The van der Waals surface area contributed by atoms with Crippen LogP contribution in [-0.2, 0) is 4.79 Å². The third-order valence-electron chi connectivity index (χ3n) is 2.38. The van der Waals surface area contributed by atoms with Crippen molar-refractivity contribution in [2.45, 2.75) is 27.7 Å². The van der Waals surface area contributed by atoms with Crippen molar-refractivity contribution < 1.29 is 13.9 Å². The fourth-order valence-corrected chi connectivity index (χ4v) is 1.34. The molecule has 0 radical (unpaired) electrons. The van der Waals surface area contributed by atoms with E-state index < -0.39 is 5.41 Å². The second kappa shape index (κ2) is 3.87. The van der Waals surface area contributed by atoms with Gasteiger partial charge in [-0.25, -0.2) is 0 Å². The predicted molar refractivity (Wildman–Crippen MR) is 63.8 cm³/mol. The number of esters is 1. The van der Waals surface area contributed by atoms with E-state index in [9.17, 15) is 4.79 Å². The van der Waals surface area contributed by atoms with Gasteiger partial charge in [0, 0.05) is 17.3 Å². The van der Waals surface area contributed by atoms with Gasteiger partial charge in [0.15, 0.2) is 0 Å². The van der Waals surface area contributed by atoms with E-state index >= 15 is 0 Å². The van der Waals surface area contributed by atoms with Crippen LogP contribution in [0.3, 0.4) is 0 Å². The van der Waals surface area contributed by atoms with Gasteiger partial charge in [0.1, 0.15) is 6.26 Å². The highest BCUT2D eigenvalue weighted by molar-refractivity contribution is 5.89. The lowest BCUT2D eigenvalue weighted by molar-refractivity contribution is -0.144. The smallest absolute Gasteiger partial charge is 0.319 e. The van der Waals surface area contributed by atoms with E-state index in [1.807, 2.05) is 13.0 Å². The van der Waals surface area contributed by atoms with Crippen molar-refractivity contribution in [3.8, 4) is 5.95 Å². The SMILES string of the molecule is Cc1cc2c(OC(=O)C(C)(C)C)occ2cn1. The van der Waals surface area contributed by atoms with Crippen LogP contribution in [0.15, 0.2) is 22.9 Å². The second-order valence-electron chi connectivity index (χ2n) is 5.08. The van der Waals surface area contributed by atoms with Crippen molar-refractivity contribution in [1.29, 1.82) is 0 Å². The van der Waals surface area contributed by atoms with Crippen LogP contribution in [-0.4, -0.2) is 11.0 Å². The predicted octanol–water partition coefficient (Wildman–Crippen LogP) is 3.09. The van der Waals surface area contributed by atoms with Crippen molar-refractivity contribution in [2.75, 3.05) is 0 Å². The maximum atomic E-state index is 11.8. The summed E-state index contributed by atoms with van der Waals surface area (Å²) in [6.07, 6.45) is 3.23. The lowest BCUT2D eigenvalue weighted by Crippen LogP contribution is -2.25. The zero-order chi connectivity index (χ0) is 12.6. The molecule has 90 valence electrons. The van der Waals surface area contributed by atoms with Gasteiger partial charge < -0.3 is 9.15 Å². The van der Waals surface area contributed by atoms with E-state index in [-0.39, 0.29) is 11.9 Å². The van der Waals surface area contributed by atoms with Gasteiger partial charge in [-0.2, -0.15) is 0 Å². The Kier molecular flexibility index (Phi) is 2.65. The Morgan fingerprint density at radius 2 is 2.12 bits per heavy atom. The minimum absolute atomic E-state index is 0.241. The average Bonchev–Trinajstić information content (AvgIpc) is 2.60. The Balaban J connectivity index is 2.37. The largest absolute Gasteiger partial charge is 0.433 e. The molecule has 0 unspecified atom stereocenters. The molecule has 0 aliphatic heterocycles. The van der Waals surface area contributed by atoms with Crippen LogP contribution < -0.4 is 4.74 Å². The van der Waals surface area contributed by atoms with Gasteiger partial charge in [-0.15, -0.1) is 0 Å². The van der Waals surface area contributed by atoms with E-state index in [2.05, 4.69) is 4.98 Å². The lowest BCUT2D eigenvalue weighted by Gasteiger charge is -2.14. The van der Waals surface area contributed by atoms with Crippen LogP contribution in [0.5, 0.6) is 5.95 Å². The number of hydrogen-bond acceptors (Lipinski definition) is 4.